The van der Waals surface area contributed by atoms with Crippen LogP contribution in [0.1, 0.15) is 5.56 Å². The van der Waals surface area contributed by atoms with Gasteiger partial charge in [0.1, 0.15) is 5.65 Å². The number of rotatable bonds is 2. The first kappa shape index (κ1) is 12.5. The van der Waals surface area contributed by atoms with Crippen molar-refractivity contribution in [1.82, 2.24) is 25.8 Å². The Kier molecular flexibility index (Phi) is 2.57. The molecule has 0 unspecified atom stereocenters. The van der Waals surface area contributed by atoms with Gasteiger partial charge in [-0.15, -0.1) is 0 Å². The third-order valence-corrected chi connectivity index (χ3v) is 4.34. The first-order chi connectivity index (χ1) is 11.4. The first-order valence-electron chi connectivity index (χ1n) is 7.62. The maximum atomic E-state index is 4.58. The van der Waals surface area contributed by atoms with Crippen LogP contribution >= 0.6 is 0 Å². The molecule has 1 aliphatic rings. The van der Waals surface area contributed by atoms with Gasteiger partial charge < -0.3 is 15.4 Å². The molecule has 0 atom stereocenters. The predicted molar refractivity (Wildman–Crippen MR) is 92.5 cm³/mol. The van der Waals surface area contributed by atoms with E-state index >= 15 is 0 Å². The summed E-state index contributed by atoms with van der Waals surface area (Å²) in [4.78, 5) is 11.0. The van der Waals surface area contributed by atoms with Crippen LogP contribution in [-0.2, 0) is 0 Å². The lowest BCUT2D eigenvalue weighted by molar-refractivity contribution is 0.739. The number of aromatic amines is 2. The van der Waals surface area contributed by atoms with E-state index in [9.17, 15) is 0 Å². The molecule has 0 saturated heterocycles. The number of H-pyrrole nitrogens is 2. The van der Waals surface area contributed by atoms with Crippen LogP contribution in [0.2, 0.25) is 0 Å². The van der Waals surface area contributed by atoms with Crippen molar-refractivity contribution in [2.75, 3.05) is 6.54 Å². The van der Waals surface area contributed by atoms with E-state index < -0.39 is 0 Å². The van der Waals surface area contributed by atoms with Crippen molar-refractivity contribution in [2.45, 2.75) is 0 Å². The van der Waals surface area contributed by atoms with E-state index in [0.29, 0.717) is 0 Å². The lowest BCUT2D eigenvalue weighted by Gasteiger charge is -2.05. The summed E-state index contributed by atoms with van der Waals surface area (Å²) in [5, 5.41) is 2.33. The summed E-state index contributed by atoms with van der Waals surface area (Å²) < 4.78 is 0. The average Bonchev–Trinajstić information content (AvgIpc) is 3.32. The van der Waals surface area contributed by atoms with Gasteiger partial charge in [-0.05, 0) is 41.3 Å². The van der Waals surface area contributed by atoms with E-state index in [1.807, 2.05) is 18.6 Å². The normalized spacial score (nSPS) is 14.3. The second kappa shape index (κ2) is 4.72. The van der Waals surface area contributed by atoms with Crippen molar-refractivity contribution in [1.29, 1.82) is 0 Å². The lowest BCUT2D eigenvalue weighted by Crippen LogP contribution is -2.22. The first-order valence-corrected chi connectivity index (χ1v) is 7.62. The number of hydrazine groups is 1. The number of nitrogens with one attached hydrogen (secondary N) is 4. The highest BCUT2D eigenvalue weighted by molar-refractivity contribution is 5.94. The highest BCUT2D eigenvalue weighted by Gasteiger charge is 2.13. The van der Waals surface area contributed by atoms with Crippen molar-refractivity contribution < 1.29 is 0 Å². The fourth-order valence-electron chi connectivity index (χ4n) is 3.14. The summed E-state index contributed by atoms with van der Waals surface area (Å²) in [6.45, 7) is 0.833. The van der Waals surface area contributed by atoms with Gasteiger partial charge in [0.2, 0.25) is 0 Å². The Morgan fingerprint density at radius 1 is 1.00 bits per heavy atom. The van der Waals surface area contributed by atoms with Crippen molar-refractivity contribution in [3.8, 4) is 11.1 Å². The van der Waals surface area contributed by atoms with Crippen LogP contribution in [0, 0.1) is 0 Å². The van der Waals surface area contributed by atoms with E-state index in [0.717, 1.165) is 39.9 Å². The lowest BCUT2D eigenvalue weighted by atomic mass is 10.0. The van der Waals surface area contributed by atoms with E-state index in [4.69, 9.17) is 0 Å². The van der Waals surface area contributed by atoms with Crippen molar-refractivity contribution in [3.63, 3.8) is 0 Å². The van der Waals surface area contributed by atoms with Gasteiger partial charge in [-0.3, -0.25) is 0 Å². The monoisotopic (exact) mass is 301 g/mol. The van der Waals surface area contributed by atoms with E-state index in [-0.39, 0.29) is 0 Å². The number of benzene rings is 1. The second-order valence-electron chi connectivity index (χ2n) is 5.73. The van der Waals surface area contributed by atoms with Gasteiger partial charge in [-0.2, -0.15) is 0 Å². The highest BCUT2D eigenvalue weighted by atomic mass is 15.4. The average molecular weight is 301 g/mol. The fourth-order valence-corrected chi connectivity index (χ4v) is 3.14. The molecule has 0 fully saturated rings. The van der Waals surface area contributed by atoms with Gasteiger partial charge in [0.05, 0.1) is 5.70 Å². The molecule has 0 saturated carbocycles. The van der Waals surface area contributed by atoms with Gasteiger partial charge in [0, 0.05) is 47.2 Å². The molecule has 5 rings (SSSR count). The molecule has 1 aliphatic heterocycles. The van der Waals surface area contributed by atoms with Crippen molar-refractivity contribution >= 4 is 27.6 Å². The molecule has 0 radical (unpaired) electrons. The SMILES string of the molecule is C1=C(c2c[nH]c3ncc(-c4ccc5[nH]ccc5c4)cc23)NNC1. The Bertz CT molecular complexity index is 1050. The standard InChI is InChI=1S/C18H15N5/c1-2-16-12(3-5-19-16)7-11(1)13-8-14-15(17-4-6-22-23-17)10-21-18(14)20-9-13/h1-5,7-10,19,22-23H,6H2,(H,20,21). The minimum Gasteiger partial charge on any atom is -0.361 e. The van der Waals surface area contributed by atoms with Crippen LogP contribution in [0.15, 0.2) is 55.0 Å². The molecule has 4 N–H and O–H groups in total. The summed E-state index contributed by atoms with van der Waals surface area (Å²) in [7, 11) is 0. The molecule has 0 bridgehead atoms. The van der Waals surface area contributed by atoms with Crippen LogP contribution in [0.5, 0.6) is 0 Å². The van der Waals surface area contributed by atoms with Crippen molar-refractivity contribution in [2.24, 2.45) is 0 Å². The van der Waals surface area contributed by atoms with Crippen LogP contribution in [0.4, 0.5) is 0 Å². The van der Waals surface area contributed by atoms with Gasteiger partial charge in [-0.25, -0.2) is 10.4 Å². The molecular weight excluding hydrogens is 286 g/mol. The van der Waals surface area contributed by atoms with E-state index in [1.165, 1.54) is 10.9 Å². The maximum absolute atomic E-state index is 4.58. The molecule has 1 aromatic carbocycles. The summed E-state index contributed by atoms with van der Waals surface area (Å²) >= 11 is 0. The zero-order chi connectivity index (χ0) is 15.2. The molecule has 23 heavy (non-hydrogen) atoms. The number of hydrogen-bond acceptors (Lipinski definition) is 3. The number of pyridine rings is 1. The molecule has 0 spiro atoms. The van der Waals surface area contributed by atoms with Crippen LogP contribution in [0.25, 0.3) is 38.8 Å². The Hall–Kier alpha value is -3.05. The number of hydrogen-bond donors (Lipinski definition) is 4. The van der Waals surface area contributed by atoms with Crippen molar-refractivity contribution in [3.05, 3.63) is 60.6 Å². The molecule has 3 aromatic heterocycles. The van der Waals surface area contributed by atoms with Crippen LogP contribution in [0.3, 0.4) is 0 Å². The fraction of sp³-hybridized carbons (Fsp3) is 0.0556. The quantitative estimate of drug-likeness (QED) is 0.460. The summed E-state index contributed by atoms with van der Waals surface area (Å²) in [5.41, 5.74) is 12.9. The third-order valence-electron chi connectivity index (χ3n) is 4.34. The Labute approximate surface area is 132 Å². The molecule has 0 amide bonds. The Balaban J connectivity index is 1.67. The van der Waals surface area contributed by atoms with Gasteiger partial charge in [0.25, 0.3) is 0 Å². The summed E-state index contributed by atoms with van der Waals surface area (Å²) in [6.07, 6.45) is 8.03. The van der Waals surface area contributed by atoms with E-state index in [1.54, 1.807) is 0 Å². The smallest absolute Gasteiger partial charge is 0.137 e. The minimum absolute atomic E-state index is 0.833. The molecule has 5 nitrogen and oxygen atoms in total. The number of fused-ring (bicyclic) bond motifs is 2. The Morgan fingerprint density at radius 2 is 2.00 bits per heavy atom. The molecule has 5 heteroatoms. The molecule has 4 heterocycles. The second-order valence-corrected chi connectivity index (χ2v) is 5.73. The minimum atomic E-state index is 0.833. The largest absolute Gasteiger partial charge is 0.361 e. The summed E-state index contributed by atoms with van der Waals surface area (Å²) in [5.74, 6) is 0. The third kappa shape index (κ3) is 1.94. The predicted octanol–water partition coefficient (Wildman–Crippen LogP) is 3.16. The van der Waals surface area contributed by atoms with E-state index in [2.05, 4.69) is 62.2 Å². The Morgan fingerprint density at radius 3 is 2.91 bits per heavy atom. The topological polar surface area (TPSA) is 68.5 Å². The molecule has 0 aliphatic carbocycles. The number of aromatic nitrogens is 3. The number of nitrogens with zero attached hydrogens (tertiary/aromatic N) is 1. The van der Waals surface area contributed by atoms with Crippen LogP contribution in [-0.4, -0.2) is 21.5 Å². The van der Waals surface area contributed by atoms with Gasteiger partial charge >= 0.3 is 0 Å². The van der Waals surface area contributed by atoms with Gasteiger partial charge in [-0.1, -0.05) is 6.07 Å². The zero-order valence-electron chi connectivity index (χ0n) is 12.4. The molecule has 112 valence electrons. The zero-order valence-corrected chi connectivity index (χ0v) is 12.4. The highest BCUT2D eigenvalue weighted by Crippen LogP contribution is 2.29. The summed E-state index contributed by atoms with van der Waals surface area (Å²) in [6, 6.07) is 10.7. The molecular formula is C18H15N5. The van der Waals surface area contributed by atoms with Gasteiger partial charge in [0.15, 0.2) is 0 Å². The molecule has 4 aromatic rings. The van der Waals surface area contributed by atoms with Crippen LogP contribution < -0.4 is 10.9 Å². The maximum Gasteiger partial charge on any atom is 0.137 e.